The third-order valence-corrected chi connectivity index (χ3v) is 3.53. The molecule has 1 aliphatic rings. The summed E-state index contributed by atoms with van der Waals surface area (Å²) in [6.45, 7) is 4.09. The van der Waals surface area contributed by atoms with Crippen molar-refractivity contribution in [2.45, 2.75) is 19.9 Å². The number of hydrogen-bond acceptors (Lipinski definition) is 2. The van der Waals surface area contributed by atoms with Crippen molar-refractivity contribution in [2.75, 3.05) is 6.54 Å². The lowest BCUT2D eigenvalue weighted by Gasteiger charge is -2.06. The van der Waals surface area contributed by atoms with E-state index in [4.69, 9.17) is 0 Å². The summed E-state index contributed by atoms with van der Waals surface area (Å²) in [5, 5.41) is 13.0. The number of aromatic hydroxyl groups is 1. The number of benzene rings is 1. The minimum absolute atomic E-state index is 0. The highest BCUT2D eigenvalue weighted by molar-refractivity contribution is 9.10. The maximum atomic E-state index is 9.61. The van der Waals surface area contributed by atoms with Gasteiger partial charge in [-0.15, -0.1) is 12.4 Å². The van der Waals surface area contributed by atoms with Crippen LogP contribution in [0.4, 0.5) is 0 Å². The molecule has 1 aromatic rings. The molecule has 1 aromatic carbocycles. The van der Waals surface area contributed by atoms with Gasteiger partial charge in [-0.1, -0.05) is 22.9 Å². The van der Waals surface area contributed by atoms with Crippen molar-refractivity contribution >= 4 is 28.3 Å². The van der Waals surface area contributed by atoms with Gasteiger partial charge in [-0.3, -0.25) is 0 Å². The maximum Gasteiger partial charge on any atom is 0.120 e. The molecule has 1 fully saturated rings. The molecule has 0 heterocycles. The van der Waals surface area contributed by atoms with Crippen LogP contribution < -0.4 is 5.32 Å². The minimum atomic E-state index is 0. The largest absolute Gasteiger partial charge is 0.508 e. The summed E-state index contributed by atoms with van der Waals surface area (Å²) in [4.78, 5) is 0. The zero-order valence-electron chi connectivity index (χ0n) is 9.24. The van der Waals surface area contributed by atoms with Gasteiger partial charge in [-0.2, -0.15) is 0 Å². The predicted octanol–water partition coefficient (Wildman–Crippen LogP) is 3.32. The maximum absolute atomic E-state index is 9.61. The molecule has 0 aromatic heterocycles. The Balaban J connectivity index is 0.00000128. The molecule has 0 radical (unpaired) electrons. The lowest BCUT2D eigenvalue weighted by Crippen LogP contribution is -2.16. The zero-order chi connectivity index (χ0) is 10.8. The molecule has 90 valence electrons. The van der Waals surface area contributed by atoms with E-state index in [0.717, 1.165) is 35.0 Å². The van der Waals surface area contributed by atoms with E-state index >= 15 is 0 Å². The van der Waals surface area contributed by atoms with Crippen LogP contribution in [-0.4, -0.2) is 11.7 Å². The SMILES string of the molecule is CC1CC1CNCc1cc(Br)ccc1O.Cl. The van der Waals surface area contributed by atoms with Gasteiger partial charge in [0.1, 0.15) is 5.75 Å². The number of halogens is 2. The van der Waals surface area contributed by atoms with E-state index in [1.165, 1.54) is 6.42 Å². The van der Waals surface area contributed by atoms with Crippen molar-refractivity contribution in [2.24, 2.45) is 11.8 Å². The van der Waals surface area contributed by atoms with Gasteiger partial charge in [0.25, 0.3) is 0 Å². The van der Waals surface area contributed by atoms with E-state index in [9.17, 15) is 5.11 Å². The van der Waals surface area contributed by atoms with Gasteiger partial charge in [-0.25, -0.2) is 0 Å². The van der Waals surface area contributed by atoms with E-state index < -0.39 is 0 Å². The molecule has 0 aliphatic heterocycles. The Morgan fingerprint density at radius 1 is 1.50 bits per heavy atom. The fourth-order valence-electron chi connectivity index (χ4n) is 1.77. The van der Waals surface area contributed by atoms with Gasteiger partial charge in [0.05, 0.1) is 0 Å². The molecular formula is C12H17BrClNO. The normalized spacial score (nSPS) is 22.6. The second-order valence-electron chi connectivity index (χ2n) is 4.38. The molecule has 0 amide bonds. The second kappa shape index (κ2) is 5.89. The van der Waals surface area contributed by atoms with Crippen LogP contribution >= 0.6 is 28.3 Å². The van der Waals surface area contributed by atoms with Crippen LogP contribution in [0.5, 0.6) is 5.75 Å². The van der Waals surface area contributed by atoms with Crippen LogP contribution in [0, 0.1) is 11.8 Å². The topological polar surface area (TPSA) is 32.3 Å². The molecule has 2 atom stereocenters. The molecule has 0 spiro atoms. The van der Waals surface area contributed by atoms with Gasteiger partial charge < -0.3 is 10.4 Å². The van der Waals surface area contributed by atoms with Crippen molar-refractivity contribution in [1.82, 2.24) is 5.32 Å². The Hall–Kier alpha value is -0.250. The number of phenolic OH excluding ortho intramolecular Hbond substituents is 1. The van der Waals surface area contributed by atoms with Gasteiger partial charge in [-0.05, 0) is 43.0 Å². The first kappa shape index (κ1) is 13.8. The first-order chi connectivity index (χ1) is 7.16. The van der Waals surface area contributed by atoms with Gasteiger partial charge >= 0.3 is 0 Å². The number of rotatable bonds is 4. The Kier molecular flexibility index (Phi) is 5.09. The lowest BCUT2D eigenvalue weighted by atomic mass is 10.2. The standard InChI is InChI=1S/C12H16BrNO.ClH/c1-8-4-9(8)6-14-7-10-5-11(13)2-3-12(10)15;/h2-3,5,8-9,14-15H,4,6-7H2,1H3;1H. The Bertz CT molecular complexity index is 359. The van der Waals surface area contributed by atoms with Crippen LogP contribution in [0.25, 0.3) is 0 Å². The molecule has 1 saturated carbocycles. The Morgan fingerprint density at radius 3 is 2.81 bits per heavy atom. The molecule has 0 saturated heterocycles. The third-order valence-electron chi connectivity index (χ3n) is 3.04. The molecular weight excluding hydrogens is 289 g/mol. The molecule has 16 heavy (non-hydrogen) atoms. The van der Waals surface area contributed by atoms with Crippen molar-refractivity contribution < 1.29 is 5.11 Å². The fraction of sp³-hybridized carbons (Fsp3) is 0.500. The highest BCUT2D eigenvalue weighted by atomic mass is 79.9. The summed E-state index contributed by atoms with van der Waals surface area (Å²) in [5.41, 5.74) is 0.956. The van der Waals surface area contributed by atoms with E-state index in [1.54, 1.807) is 6.07 Å². The van der Waals surface area contributed by atoms with Crippen LogP contribution in [0.3, 0.4) is 0 Å². The third kappa shape index (κ3) is 3.65. The molecule has 1 aliphatic carbocycles. The van der Waals surface area contributed by atoms with E-state index in [2.05, 4.69) is 28.2 Å². The fourth-order valence-corrected chi connectivity index (χ4v) is 2.18. The Morgan fingerprint density at radius 2 is 2.19 bits per heavy atom. The van der Waals surface area contributed by atoms with Crippen LogP contribution in [0.1, 0.15) is 18.9 Å². The van der Waals surface area contributed by atoms with Crippen molar-refractivity contribution in [3.8, 4) is 5.75 Å². The molecule has 2 nitrogen and oxygen atoms in total. The smallest absolute Gasteiger partial charge is 0.120 e. The molecule has 2 rings (SSSR count). The van der Waals surface area contributed by atoms with Gasteiger partial charge in [0.2, 0.25) is 0 Å². The summed E-state index contributed by atoms with van der Waals surface area (Å²) in [6.07, 6.45) is 1.34. The van der Waals surface area contributed by atoms with E-state index in [-0.39, 0.29) is 12.4 Å². The summed E-state index contributed by atoms with van der Waals surface area (Å²) in [5.74, 6) is 2.10. The quantitative estimate of drug-likeness (QED) is 0.894. The second-order valence-corrected chi connectivity index (χ2v) is 5.29. The van der Waals surface area contributed by atoms with Crippen LogP contribution in [0.2, 0.25) is 0 Å². The van der Waals surface area contributed by atoms with E-state index in [0.29, 0.717) is 5.75 Å². The zero-order valence-corrected chi connectivity index (χ0v) is 11.6. The molecule has 2 N–H and O–H groups in total. The molecule has 4 heteroatoms. The average molecular weight is 307 g/mol. The number of hydrogen-bond donors (Lipinski definition) is 2. The molecule has 0 bridgehead atoms. The van der Waals surface area contributed by atoms with Gasteiger partial charge in [0.15, 0.2) is 0 Å². The summed E-state index contributed by atoms with van der Waals surface area (Å²) in [6, 6.07) is 5.53. The van der Waals surface area contributed by atoms with Crippen LogP contribution in [0.15, 0.2) is 22.7 Å². The van der Waals surface area contributed by atoms with Crippen molar-refractivity contribution in [1.29, 1.82) is 0 Å². The number of phenols is 1. The number of nitrogens with one attached hydrogen (secondary N) is 1. The monoisotopic (exact) mass is 305 g/mol. The highest BCUT2D eigenvalue weighted by Crippen LogP contribution is 2.36. The predicted molar refractivity (Wildman–Crippen MR) is 72.0 cm³/mol. The average Bonchev–Trinajstić information content (AvgIpc) is 2.88. The van der Waals surface area contributed by atoms with Crippen molar-refractivity contribution in [3.63, 3.8) is 0 Å². The summed E-state index contributed by atoms with van der Waals surface area (Å²) in [7, 11) is 0. The first-order valence-electron chi connectivity index (χ1n) is 5.35. The summed E-state index contributed by atoms with van der Waals surface area (Å²) >= 11 is 3.40. The Labute approximate surface area is 111 Å². The van der Waals surface area contributed by atoms with Gasteiger partial charge in [0, 0.05) is 16.6 Å². The van der Waals surface area contributed by atoms with E-state index in [1.807, 2.05) is 12.1 Å². The first-order valence-corrected chi connectivity index (χ1v) is 6.14. The van der Waals surface area contributed by atoms with Crippen molar-refractivity contribution in [3.05, 3.63) is 28.2 Å². The lowest BCUT2D eigenvalue weighted by molar-refractivity contribution is 0.463. The summed E-state index contributed by atoms with van der Waals surface area (Å²) < 4.78 is 1.01. The highest BCUT2D eigenvalue weighted by Gasteiger charge is 2.31. The van der Waals surface area contributed by atoms with Crippen LogP contribution in [-0.2, 0) is 6.54 Å². The minimum Gasteiger partial charge on any atom is -0.508 e. The molecule has 2 unspecified atom stereocenters.